The highest BCUT2D eigenvalue weighted by Gasteiger charge is 2.61. The van der Waals surface area contributed by atoms with Gasteiger partial charge in [-0.05, 0) is 39.3 Å². The number of methoxy groups -OCH3 is 1. The van der Waals surface area contributed by atoms with Crippen LogP contribution in [0.25, 0.3) is 0 Å². The second-order valence-corrected chi connectivity index (χ2v) is 9.72. The Morgan fingerprint density at radius 2 is 1.53 bits per heavy atom. The van der Waals surface area contributed by atoms with Gasteiger partial charge in [0.25, 0.3) is 0 Å². The van der Waals surface area contributed by atoms with Gasteiger partial charge in [0.1, 0.15) is 11.7 Å². The van der Waals surface area contributed by atoms with E-state index >= 15 is 0 Å². The summed E-state index contributed by atoms with van der Waals surface area (Å²) in [5.74, 6) is -4.65. The van der Waals surface area contributed by atoms with Crippen molar-refractivity contribution in [2.24, 2.45) is 0 Å². The molecule has 36 heavy (non-hydrogen) atoms. The van der Waals surface area contributed by atoms with Gasteiger partial charge in [0, 0.05) is 33.4 Å². The van der Waals surface area contributed by atoms with Gasteiger partial charge < -0.3 is 28.4 Å². The van der Waals surface area contributed by atoms with Crippen LogP contribution < -0.4 is 0 Å². The monoisotopic (exact) mass is 528 g/mol. The molecule has 0 aromatic heterocycles. The summed E-state index contributed by atoms with van der Waals surface area (Å²) in [7, 11) is 1.31. The summed E-state index contributed by atoms with van der Waals surface area (Å²) < 4.78 is 34.1. The van der Waals surface area contributed by atoms with Crippen molar-refractivity contribution < 1.29 is 47.6 Å². The highest BCUT2D eigenvalue weighted by Crippen LogP contribution is 2.44. The van der Waals surface area contributed by atoms with Gasteiger partial charge >= 0.3 is 23.9 Å². The molecule has 10 nitrogen and oxygen atoms in total. The fraction of sp³-hybridized carbons (Fsp3) is 0.600. The first-order valence-corrected chi connectivity index (χ1v) is 11.8. The SMILES string of the molecule is CC[C@H]1OC(OC)(c2ccc(Cl)c(C(=O)OC(C)(C)C)c2)[C@H](OC(C)=O)[C@@H](OC(C)=O)[C@@H]1OC(C)=O. The molecule has 0 aliphatic carbocycles. The highest BCUT2D eigenvalue weighted by atomic mass is 35.5. The van der Waals surface area contributed by atoms with Crippen molar-refractivity contribution in [3.8, 4) is 0 Å². The lowest BCUT2D eigenvalue weighted by molar-refractivity contribution is -0.365. The van der Waals surface area contributed by atoms with Gasteiger partial charge in [-0.1, -0.05) is 24.6 Å². The van der Waals surface area contributed by atoms with Crippen molar-refractivity contribution in [2.45, 2.75) is 90.7 Å². The lowest BCUT2D eigenvalue weighted by Crippen LogP contribution is -2.66. The molecule has 1 aliphatic heterocycles. The van der Waals surface area contributed by atoms with E-state index in [0.717, 1.165) is 6.92 Å². The molecule has 200 valence electrons. The quantitative estimate of drug-likeness (QED) is 0.382. The molecule has 11 heteroatoms. The van der Waals surface area contributed by atoms with Crippen LogP contribution in [0.1, 0.15) is 70.8 Å². The zero-order valence-corrected chi connectivity index (χ0v) is 22.5. The zero-order chi connectivity index (χ0) is 27.4. The van der Waals surface area contributed by atoms with E-state index in [1.54, 1.807) is 27.7 Å². The van der Waals surface area contributed by atoms with E-state index in [9.17, 15) is 19.2 Å². The van der Waals surface area contributed by atoms with Gasteiger partial charge in [0.15, 0.2) is 12.2 Å². The molecule has 1 aromatic rings. The molecule has 0 amide bonds. The van der Waals surface area contributed by atoms with E-state index in [1.807, 2.05) is 0 Å². The topological polar surface area (TPSA) is 124 Å². The number of ether oxygens (including phenoxy) is 6. The molecule has 1 heterocycles. The lowest BCUT2D eigenvalue weighted by atomic mass is 9.86. The number of esters is 4. The van der Waals surface area contributed by atoms with Crippen molar-refractivity contribution in [3.05, 3.63) is 34.3 Å². The van der Waals surface area contributed by atoms with Crippen molar-refractivity contribution in [2.75, 3.05) is 7.11 Å². The number of rotatable bonds is 7. The Morgan fingerprint density at radius 3 is 2.00 bits per heavy atom. The van der Waals surface area contributed by atoms with Crippen LogP contribution in [0.15, 0.2) is 18.2 Å². The maximum Gasteiger partial charge on any atom is 0.340 e. The van der Waals surface area contributed by atoms with Crippen LogP contribution in [0, 0.1) is 0 Å². The molecular weight excluding hydrogens is 496 g/mol. The van der Waals surface area contributed by atoms with E-state index in [2.05, 4.69) is 0 Å². The summed E-state index contributed by atoms with van der Waals surface area (Å²) in [5, 5.41) is 0.112. The Morgan fingerprint density at radius 1 is 0.972 bits per heavy atom. The van der Waals surface area contributed by atoms with Crippen LogP contribution in [0.3, 0.4) is 0 Å². The average Bonchev–Trinajstić information content (AvgIpc) is 2.74. The van der Waals surface area contributed by atoms with Crippen LogP contribution in [-0.4, -0.2) is 61.0 Å². The number of hydrogen-bond acceptors (Lipinski definition) is 10. The van der Waals surface area contributed by atoms with E-state index < -0.39 is 59.7 Å². The van der Waals surface area contributed by atoms with E-state index in [-0.39, 0.29) is 16.1 Å². The minimum Gasteiger partial charge on any atom is -0.456 e. The number of carbonyl (C=O) groups excluding carboxylic acids is 4. The fourth-order valence-electron chi connectivity index (χ4n) is 4.00. The molecule has 0 saturated carbocycles. The number of halogens is 1. The molecule has 0 bridgehead atoms. The minimum atomic E-state index is -1.87. The van der Waals surface area contributed by atoms with E-state index in [4.69, 9.17) is 40.0 Å². The molecule has 1 saturated heterocycles. The van der Waals surface area contributed by atoms with Crippen molar-refractivity contribution in [1.29, 1.82) is 0 Å². The lowest BCUT2D eigenvalue weighted by Gasteiger charge is -2.50. The van der Waals surface area contributed by atoms with Gasteiger partial charge in [-0.15, -0.1) is 0 Å². The molecule has 5 atom stereocenters. The second-order valence-electron chi connectivity index (χ2n) is 9.31. The normalized spacial score (nSPS) is 26.0. The summed E-state index contributed by atoms with van der Waals surface area (Å²) in [5.41, 5.74) is -0.537. The predicted octanol–water partition coefficient (Wildman–Crippen LogP) is 3.70. The molecule has 1 fully saturated rings. The van der Waals surface area contributed by atoms with Gasteiger partial charge in [-0.25, -0.2) is 4.79 Å². The van der Waals surface area contributed by atoms with Gasteiger partial charge in [-0.2, -0.15) is 0 Å². The van der Waals surface area contributed by atoms with Gasteiger partial charge in [0.2, 0.25) is 11.9 Å². The van der Waals surface area contributed by atoms with Gasteiger partial charge in [-0.3, -0.25) is 14.4 Å². The molecule has 2 rings (SSSR count). The first-order valence-electron chi connectivity index (χ1n) is 11.4. The van der Waals surface area contributed by atoms with Crippen molar-refractivity contribution >= 4 is 35.5 Å². The van der Waals surface area contributed by atoms with Crippen LogP contribution in [0.2, 0.25) is 5.02 Å². The van der Waals surface area contributed by atoms with Crippen LogP contribution >= 0.6 is 11.6 Å². The van der Waals surface area contributed by atoms with Crippen molar-refractivity contribution in [3.63, 3.8) is 0 Å². The molecule has 0 N–H and O–H groups in total. The third-order valence-electron chi connectivity index (χ3n) is 5.28. The number of benzene rings is 1. The fourth-order valence-corrected chi connectivity index (χ4v) is 4.19. The summed E-state index contributed by atoms with van der Waals surface area (Å²) in [4.78, 5) is 49.0. The van der Waals surface area contributed by atoms with Crippen LogP contribution in [0.5, 0.6) is 0 Å². The third kappa shape index (κ3) is 6.74. The summed E-state index contributed by atoms with van der Waals surface area (Å²) in [6.07, 6.45) is -4.37. The Hall–Kier alpha value is -2.69. The summed E-state index contributed by atoms with van der Waals surface area (Å²) >= 11 is 6.31. The zero-order valence-electron chi connectivity index (χ0n) is 21.7. The number of carbonyl (C=O) groups is 4. The Labute approximate surface area is 215 Å². The van der Waals surface area contributed by atoms with Crippen LogP contribution in [-0.2, 0) is 48.6 Å². The van der Waals surface area contributed by atoms with E-state index in [0.29, 0.717) is 6.42 Å². The van der Waals surface area contributed by atoms with Gasteiger partial charge in [0.05, 0.1) is 10.6 Å². The van der Waals surface area contributed by atoms with Crippen molar-refractivity contribution in [1.82, 2.24) is 0 Å². The minimum absolute atomic E-state index is 0.0184. The smallest absolute Gasteiger partial charge is 0.340 e. The molecular formula is C25H33ClO10. The van der Waals surface area contributed by atoms with E-state index in [1.165, 1.54) is 39.2 Å². The van der Waals surface area contributed by atoms with Crippen LogP contribution in [0.4, 0.5) is 0 Å². The number of hydrogen-bond donors (Lipinski definition) is 0. The highest BCUT2D eigenvalue weighted by molar-refractivity contribution is 6.33. The molecule has 0 spiro atoms. The maximum absolute atomic E-state index is 12.9. The first-order chi connectivity index (χ1) is 16.6. The summed E-state index contributed by atoms with van der Waals surface area (Å²) in [6.45, 7) is 10.4. The first kappa shape index (κ1) is 29.5. The summed E-state index contributed by atoms with van der Waals surface area (Å²) in [6, 6.07) is 4.38. The Balaban J connectivity index is 2.75. The Bertz CT molecular complexity index is 1000. The molecule has 0 radical (unpaired) electrons. The average molecular weight is 529 g/mol. The molecule has 1 aliphatic rings. The largest absolute Gasteiger partial charge is 0.456 e. The standard InChI is InChI=1S/C25H33ClO10/c1-9-19-20(32-13(2)27)21(33-14(3)28)22(34-15(4)29)25(31-8,35-19)16-10-11-18(26)17(12-16)23(30)36-24(5,6)7/h10-12,19-22H,9H2,1-8H3/t19-,20-,21+,22-,25?/m1/s1. The molecule has 1 unspecified atom stereocenters. The maximum atomic E-state index is 12.9. The predicted molar refractivity (Wildman–Crippen MR) is 127 cm³/mol. The molecule has 1 aromatic carbocycles. The second kappa shape index (κ2) is 11.6. The third-order valence-corrected chi connectivity index (χ3v) is 5.61. The Kier molecular flexibility index (Phi) is 9.50.